The summed E-state index contributed by atoms with van der Waals surface area (Å²) in [5.74, 6) is 0. The smallest absolute Gasteiger partial charge is 0.312 e. The first-order valence-corrected chi connectivity index (χ1v) is 5.61. The normalized spacial score (nSPS) is 9.50. The van der Waals surface area contributed by atoms with E-state index in [-0.39, 0.29) is 14.5 Å². The zero-order valence-corrected chi connectivity index (χ0v) is 10.5. The number of nitrogens with one attached hydrogen (secondary N) is 1. The summed E-state index contributed by atoms with van der Waals surface area (Å²) in [5, 5.41) is 1.99. The summed E-state index contributed by atoms with van der Waals surface area (Å²) in [6.45, 7) is 10.9. The van der Waals surface area contributed by atoms with Gasteiger partial charge in [0.05, 0.1) is 6.54 Å². The number of carbonyl (C=O) groups excluding carboxylic acids is 2. The Kier molecular flexibility index (Phi) is 12.3. The summed E-state index contributed by atoms with van der Waals surface area (Å²) in [4.78, 5) is 22.1. The van der Waals surface area contributed by atoms with Crippen molar-refractivity contribution in [1.82, 2.24) is 5.32 Å². The van der Waals surface area contributed by atoms with Crippen LogP contribution in [0.2, 0.25) is 0 Å². The quantitative estimate of drug-likeness (QED) is 0.732. The van der Waals surface area contributed by atoms with E-state index in [1.807, 2.05) is 13.8 Å². The van der Waals surface area contributed by atoms with E-state index in [1.54, 1.807) is 12.2 Å². The molecule has 0 aliphatic carbocycles. The molecule has 4 nitrogen and oxygen atoms in total. The molecule has 0 aliphatic rings. The molecule has 0 radical (unpaired) electrons. The number of carbonyl (C=O) groups is 2. The van der Waals surface area contributed by atoms with Gasteiger partial charge in [0.2, 0.25) is 5.12 Å². The van der Waals surface area contributed by atoms with Crippen molar-refractivity contribution in [3.8, 4) is 0 Å². The van der Waals surface area contributed by atoms with Crippen molar-refractivity contribution in [3.63, 3.8) is 0 Å². The third kappa shape index (κ3) is 10.6. The highest BCUT2D eigenvalue weighted by Gasteiger charge is 2.04. The van der Waals surface area contributed by atoms with E-state index in [0.717, 1.165) is 11.8 Å². The Morgan fingerprint density at radius 2 is 2.00 bits per heavy atom. The summed E-state index contributed by atoms with van der Waals surface area (Å²) in [5.41, 5.74) is 4.80. The van der Waals surface area contributed by atoms with Crippen molar-refractivity contribution in [2.24, 2.45) is 5.73 Å². The van der Waals surface area contributed by atoms with Gasteiger partial charge in [-0.05, 0) is 6.08 Å². The first-order valence-electron chi connectivity index (χ1n) is 4.79. The third-order valence-electron chi connectivity index (χ3n) is 1.12. The lowest BCUT2D eigenvalue weighted by Gasteiger charge is -2.00. The molecule has 0 bridgehead atoms. The highest BCUT2D eigenvalue weighted by atomic mass is 32.2. The molecule has 0 aliphatic heterocycles. The van der Waals surface area contributed by atoms with Crippen molar-refractivity contribution in [2.75, 3.05) is 6.54 Å². The molecule has 0 aromatic carbocycles. The lowest BCUT2D eigenvalue weighted by molar-refractivity contribution is -0.110. The molecule has 0 spiro atoms. The maximum atomic E-state index is 11.2. The fourth-order valence-corrected chi connectivity index (χ4v) is 1.24. The monoisotopic (exact) mass is 246 g/mol. The molecule has 0 fully saturated rings. The summed E-state index contributed by atoms with van der Waals surface area (Å²) >= 11 is 0.974. The minimum absolute atomic E-state index is 0. The highest BCUT2D eigenvalue weighted by Crippen LogP contribution is 2.16. The number of amides is 2. The van der Waals surface area contributed by atoms with Crippen LogP contribution in [-0.4, -0.2) is 17.7 Å². The third-order valence-corrected chi connectivity index (χ3v) is 2.03. The number of hydrogen-bond acceptors (Lipinski definition) is 3. The molecule has 2 amide bonds. The minimum Gasteiger partial charge on any atom is -0.352 e. The molecule has 94 valence electrons. The molecule has 16 heavy (non-hydrogen) atoms. The first kappa shape index (κ1) is 16.9. The van der Waals surface area contributed by atoms with Crippen molar-refractivity contribution >= 4 is 22.9 Å². The van der Waals surface area contributed by atoms with Crippen LogP contribution in [0.1, 0.15) is 16.7 Å². The average Bonchev–Trinajstić information content (AvgIpc) is 2.28. The predicted molar refractivity (Wildman–Crippen MR) is 74.2 cm³/mol. The number of urea groups is 1. The van der Waals surface area contributed by atoms with E-state index in [4.69, 9.17) is 5.73 Å². The fraction of sp³-hybridized carbons (Fsp3) is 0.273. The molecule has 5 heteroatoms. The van der Waals surface area contributed by atoms with Crippen LogP contribution in [0.5, 0.6) is 0 Å². The number of allylic oxidation sites excluding steroid dienone is 3. The van der Waals surface area contributed by atoms with Crippen LogP contribution < -0.4 is 11.1 Å². The number of thioether (sulfide) groups is 1. The van der Waals surface area contributed by atoms with E-state index in [9.17, 15) is 9.59 Å². The van der Waals surface area contributed by atoms with Gasteiger partial charge in [0.15, 0.2) is 0 Å². The molecule has 0 rings (SSSR count). The summed E-state index contributed by atoms with van der Waals surface area (Å²) in [6.07, 6.45) is 4.74. The Morgan fingerprint density at radius 1 is 1.44 bits per heavy atom. The Labute approximate surface area is 104 Å². The zero-order chi connectivity index (χ0) is 13.0. The average molecular weight is 246 g/mol. The summed E-state index contributed by atoms with van der Waals surface area (Å²) in [6, 6.07) is -0.716. The molecule has 3 N–H and O–H groups in total. The first-order chi connectivity index (χ1) is 7.60. The molecule has 0 saturated heterocycles. The lowest BCUT2D eigenvalue weighted by atomic mass is 10.5. The standard InChI is InChI=1S/C9H12N2O2S.C2H6.2H2/c1-3-5-7(4-2)14-8(12)6-11-9(10)13;1-2;;/h3-5H,1-2,6H2,(H3,10,11,13);1-2H3;2*1H/b7-5+;;;. The Bertz CT molecular complexity index is 295. The van der Waals surface area contributed by atoms with Crippen molar-refractivity contribution in [2.45, 2.75) is 13.8 Å². The van der Waals surface area contributed by atoms with E-state index in [0.29, 0.717) is 4.91 Å². The second-order valence-corrected chi connectivity index (χ2v) is 3.33. The van der Waals surface area contributed by atoms with Gasteiger partial charge in [0.25, 0.3) is 0 Å². The lowest BCUT2D eigenvalue weighted by Crippen LogP contribution is -2.32. The Morgan fingerprint density at radius 3 is 2.38 bits per heavy atom. The second-order valence-electron chi connectivity index (χ2n) is 2.20. The molecule has 0 heterocycles. The Balaban J connectivity index is -0.000000232. The van der Waals surface area contributed by atoms with E-state index in [1.165, 1.54) is 6.08 Å². The topological polar surface area (TPSA) is 72.2 Å². The van der Waals surface area contributed by atoms with E-state index in [2.05, 4.69) is 18.5 Å². The number of rotatable bonds is 5. The van der Waals surface area contributed by atoms with Gasteiger partial charge in [0.1, 0.15) is 0 Å². The van der Waals surface area contributed by atoms with Gasteiger partial charge in [0, 0.05) is 7.76 Å². The number of hydrogen-bond donors (Lipinski definition) is 2. The van der Waals surface area contributed by atoms with Crippen LogP contribution in [0.15, 0.2) is 36.3 Å². The molecule has 0 saturated carbocycles. The maximum Gasteiger partial charge on any atom is 0.312 e. The van der Waals surface area contributed by atoms with E-state index < -0.39 is 6.03 Å². The van der Waals surface area contributed by atoms with Crippen LogP contribution in [0.25, 0.3) is 0 Å². The second kappa shape index (κ2) is 11.6. The van der Waals surface area contributed by atoms with Crippen molar-refractivity contribution in [3.05, 3.63) is 36.3 Å². The molecular formula is C11H22N2O2S. The fourth-order valence-electron chi connectivity index (χ4n) is 0.587. The zero-order valence-electron chi connectivity index (χ0n) is 9.66. The molecule has 0 aromatic heterocycles. The highest BCUT2D eigenvalue weighted by molar-refractivity contribution is 8.17. The van der Waals surface area contributed by atoms with Gasteiger partial charge < -0.3 is 11.1 Å². The Hall–Kier alpha value is -1.49. The molecule has 0 unspecified atom stereocenters. The van der Waals surface area contributed by atoms with Crippen LogP contribution >= 0.6 is 11.8 Å². The van der Waals surface area contributed by atoms with Gasteiger partial charge in [-0.2, -0.15) is 0 Å². The number of nitrogens with two attached hydrogens (primary N) is 1. The minimum atomic E-state index is -0.716. The SMILES string of the molecule is C=C/C=C(\C=C)SC(=O)CNC(N)=O.CC.[HH].[HH]. The van der Waals surface area contributed by atoms with Crippen LogP contribution in [0, 0.1) is 0 Å². The van der Waals surface area contributed by atoms with Crippen molar-refractivity contribution < 1.29 is 12.4 Å². The predicted octanol–water partition coefficient (Wildman–Crippen LogP) is 2.69. The molecule has 0 aromatic rings. The molecule has 0 atom stereocenters. The molecular weight excluding hydrogens is 224 g/mol. The summed E-state index contributed by atoms with van der Waals surface area (Å²) in [7, 11) is 0. The van der Waals surface area contributed by atoms with Gasteiger partial charge in [-0.1, -0.05) is 50.9 Å². The van der Waals surface area contributed by atoms with Crippen LogP contribution in [0.4, 0.5) is 4.79 Å². The van der Waals surface area contributed by atoms with Gasteiger partial charge in [-0.25, -0.2) is 4.79 Å². The van der Waals surface area contributed by atoms with Gasteiger partial charge in [-0.3, -0.25) is 4.79 Å². The van der Waals surface area contributed by atoms with Crippen LogP contribution in [-0.2, 0) is 4.79 Å². The number of primary amides is 1. The van der Waals surface area contributed by atoms with Gasteiger partial charge in [-0.15, -0.1) is 0 Å². The van der Waals surface area contributed by atoms with Gasteiger partial charge >= 0.3 is 6.03 Å². The van der Waals surface area contributed by atoms with Crippen molar-refractivity contribution in [1.29, 1.82) is 0 Å². The maximum absolute atomic E-state index is 11.2. The van der Waals surface area contributed by atoms with Crippen LogP contribution in [0.3, 0.4) is 0 Å². The van der Waals surface area contributed by atoms with E-state index >= 15 is 0 Å². The summed E-state index contributed by atoms with van der Waals surface area (Å²) < 4.78 is 0. The largest absolute Gasteiger partial charge is 0.352 e.